The third-order valence-electron chi connectivity index (χ3n) is 4.15. The van der Waals surface area contributed by atoms with Crippen LogP contribution in [0.3, 0.4) is 0 Å². The van der Waals surface area contributed by atoms with E-state index >= 15 is 0 Å². The first-order valence-corrected chi connectivity index (χ1v) is 8.04. The van der Waals surface area contributed by atoms with Gasteiger partial charge in [0.2, 0.25) is 5.91 Å². The number of hydrogen-bond acceptors (Lipinski definition) is 3. The molecule has 0 unspecified atom stereocenters. The van der Waals surface area contributed by atoms with E-state index in [-0.39, 0.29) is 17.9 Å². The highest BCUT2D eigenvalue weighted by molar-refractivity contribution is 7.09. The molecular formula is C15H24N2OS. The Balaban J connectivity index is 2.00. The van der Waals surface area contributed by atoms with Crippen LogP contribution in [0.25, 0.3) is 0 Å². The molecule has 3 nitrogen and oxygen atoms in total. The highest BCUT2D eigenvalue weighted by Gasteiger charge is 2.32. The Morgan fingerprint density at radius 1 is 1.63 bits per heavy atom. The first-order valence-electron chi connectivity index (χ1n) is 7.16. The largest absolute Gasteiger partial charge is 0.338 e. The first-order chi connectivity index (χ1) is 9.13. The molecule has 1 aliphatic rings. The van der Waals surface area contributed by atoms with Crippen molar-refractivity contribution in [2.45, 2.75) is 39.2 Å². The number of nitrogens with zero attached hydrogens (tertiary/aromatic N) is 1. The summed E-state index contributed by atoms with van der Waals surface area (Å²) in [7, 11) is 0. The first kappa shape index (κ1) is 14.5. The molecule has 0 aliphatic carbocycles. The Labute approximate surface area is 119 Å². The van der Waals surface area contributed by atoms with Gasteiger partial charge in [-0.15, -0.1) is 11.3 Å². The highest BCUT2D eigenvalue weighted by atomic mass is 32.1. The summed E-state index contributed by atoms with van der Waals surface area (Å²) in [5, 5.41) is 2.07. The number of hydrogen-bond donors (Lipinski definition) is 1. The maximum atomic E-state index is 12.6. The predicted molar refractivity (Wildman–Crippen MR) is 80.1 cm³/mol. The van der Waals surface area contributed by atoms with Gasteiger partial charge in [0, 0.05) is 29.9 Å². The van der Waals surface area contributed by atoms with Crippen molar-refractivity contribution in [3.8, 4) is 0 Å². The van der Waals surface area contributed by atoms with Crippen molar-refractivity contribution in [2.24, 2.45) is 17.6 Å². The van der Waals surface area contributed by atoms with E-state index in [9.17, 15) is 4.79 Å². The lowest BCUT2D eigenvalue weighted by Gasteiger charge is -2.40. The minimum atomic E-state index is 0.0537. The summed E-state index contributed by atoms with van der Waals surface area (Å²) in [4.78, 5) is 15.9. The summed E-state index contributed by atoms with van der Waals surface area (Å²) in [5.74, 6) is 0.852. The fourth-order valence-electron chi connectivity index (χ4n) is 2.98. The van der Waals surface area contributed by atoms with Crippen LogP contribution in [0.2, 0.25) is 0 Å². The molecule has 19 heavy (non-hydrogen) atoms. The number of amides is 1. The zero-order valence-corrected chi connectivity index (χ0v) is 12.7. The molecule has 4 heteroatoms. The lowest BCUT2D eigenvalue weighted by atomic mass is 9.89. The molecular weight excluding hydrogens is 256 g/mol. The highest BCUT2D eigenvalue weighted by Crippen LogP contribution is 2.25. The molecule has 0 bridgehead atoms. The fourth-order valence-corrected chi connectivity index (χ4v) is 3.82. The monoisotopic (exact) mass is 280 g/mol. The van der Waals surface area contributed by atoms with Crippen LogP contribution < -0.4 is 5.73 Å². The number of rotatable bonds is 4. The van der Waals surface area contributed by atoms with Gasteiger partial charge in [0.25, 0.3) is 0 Å². The van der Waals surface area contributed by atoms with Gasteiger partial charge < -0.3 is 10.6 Å². The Morgan fingerprint density at radius 2 is 2.42 bits per heavy atom. The molecule has 0 saturated carbocycles. The van der Waals surface area contributed by atoms with Gasteiger partial charge in [0.1, 0.15) is 0 Å². The predicted octanol–water partition coefficient (Wildman–Crippen LogP) is 2.51. The summed E-state index contributed by atoms with van der Waals surface area (Å²) in [6, 6.07) is 4.38. The fraction of sp³-hybridized carbons (Fsp3) is 0.667. The van der Waals surface area contributed by atoms with Gasteiger partial charge in [0.15, 0.2) is 0 Å². The van der Waals surface area contributed by atoms with Gasteiger partial charge in [-0.1, -0.05) is 19.9 Å². The lowest BCUT2D eigenvalue weighted by molar-refractivity contribution is -0.139. The van der Waals surface area contributed by atoms with Crippen molar-refractivity contribution in [3.05, 3.63) is 22.4 Å². The summed E-state index contributed by atoms with van der Waals surface area (Å²) in [5.41, 5.74) is 5.87. The second-order valence-corrected chi connectivity index (χ2v) is 6.67. The van der Waals surface area contributed by atoms with Crippen LogP contribution >= 0.6 is 11.3 Å². The summed E-state index contributed by atoms with van der Waals surface area (Å²) in [6.07, 6.45) is 3.14. The average molecular weight is 280 g/mol. The van der Waals surface area contributed by atoms with Gasteiger partial charge in [0.05, 0.1) is 0 Å². The zero-order chi connectivity index (χ0) is 13.8. The molecule has 106 valence electrons. The molecule has 1 fully saturated rings. The second kappa shape index (κ2) is 6.53. The van der Waals surface area contributed by atoms with Crippen LogP contribution in [0.5, 0.6) is 0 Å². The van der Waals surface area contributed by atoms with E-state index in [1.165, 1.54) is 11.3 Å². The number of piperidine rings is 1. The normalized spacial score (nSPS) is 25.3. The van der Waals surface area contributed by atoms with Crippen LogP contribution in [0.15, 0.2) is 17.5 Å². The molecule has 1 aromatic rings. The van der Waals surface area contributed by atoms with E-state index in [2.05, 4.69) is 18.4 Å². The number of likely N-dealkylation sites (tertiary alicyclic amines) is 1. The van der Waals surface area contributed by atoms with Gasteiger partial charge >= 0.3 is 0 Å². The molecule has 1 aromatic heterocycles. The lowest BCUT2D eigenvalue weighted by Crippen LogP contribution is -2.53. The van der Waals surface area contributed by atoms with E-state index in [4.69, 9.17) is 5.73 Å². The SMILES string of the molecule is C[C@H](Cc1cccs1)C(=O)N1CCC[C@H](C)[C@H]1CN. The molecule has 2 rings (SSSR count). The van der Waals surface area contributed by atoms with Crippen LogP contribution in [-0.2, 0) is 11.2 Å². The number of thiophene rings is 1. The molecule has 1 amide bonds. The van der Waals surface area contributed by atoms with Gasteiger partial charge in [-0.05, 0) is 36.6 Å². The quantitative estimate of drug-likeness (QED) is 0.921. The van der Waals surface area contributed by atoms with Crippen molar-refractivity contribution in [1.82, 2.24) is 4.90 Å². The average Bonchev–Trinajstić information content (AvgIpc) is 2.90. The Morgan fingerprint density at radius 3 is 3.05 bits per heavy atom. The Bertz CT molecular complexity index is 404. The smallest absolute Gasteiger partial charge is 0.226 e. The molecule has 2 heterocycles. The van der Waals surface area contributed by atoms with E-state index in [1.54, 1.807) is 11.3 Å². The van der Waals surface area contributed by atoms with Crippen molar-refractivity contribution in [2.75, 3.05) is 13.1 Å². The van der Waals surface area contributed by atoms with E-state index in [0.29, 0.717) is 12.5 Å². The zero-order valence-electron chi connectivity index (χ0n) is 11.8. The van der Waals surface area contributed by atoms with Crippen molar-refractivity contribution in [1.29, 1.82) is 0 Å². The molecule has 1 aliphatic heterocycles. The van der Waals surface area contributed by atoms with Gasteiger partial charge in [-0.25, -0.2) is 0 Å². The van der Waals surface area contributed by atoms with Crippen molar-refractivity contribution >= 4 is 17.2 Å². The van der Waals surface area contributed by atoms with Crippen molar-refractivity contribution < 1.29 is 4.79 Å². The summed E-state index contributed by atoms with van der Waals surface area (Å²) < 4.78 is 0. The van der Waals surface area contributed by atoms with Crippen LogP contribution in [0.4, 0.5) is 0 Å². The number of carbonyl (C=O) groups excluding carboxylic acids is 1. The van der Waals surface area contributed by atoms with E-state index < -0.39 is 0 Å². The standard InChI is InChI=1S/C15H24N2OS/c1-11-5-3-7-17(14(11)10-16)15(18)12(2)9-13-6-4-8-19-13/h4,6,8,11-12,14H,3,5,7,9-10,16H2,1-2H3/t11-,12+,14+/m0/s1. The summed E-state index contributed by atoms with van der Waals surface area (Å²) in [6.45, 7) is 5.70. The molecule has 3 atom stereocenters. The van der Waals surface area contributed by atoms with Crippen LogP contribution in [-0.4, -0.2) is 29.9 Å². The van der Waals surface area contributed by atoms with Crippen molar-refractivity contribution in [3.63, 3.8) is 0 Å². The Hall–Kier alpha value is -0.870. The maximum Gasteiger partial charge on any atom is 0.226 e. The van der Waals surface area contributed by atoms with Gasteiger partial charge in [-0.3, -0.25) is 4.79 Å². The summed E-state index contributed by atoms with van der Waals surface area (Å²) >= 11 is 1.73. The maximum absolute atomic E-state index is 12.6. The third-order valence-corrected chi connectivity index (χ3v) is 5.05. The molecule has 0 radical (unpaired) electrons. The molecule has 0 aromatic carbocycles. The number of carbonyl (C=O) groups is 1. The van der Waals surface area contributed by atoms with E-state index in [1.807, 2.05) is 17.9 Å². The second-order valence-electron chi connectivity index (χ2n) is 5.64. The van der Waals surface area contributed by atoms with Crippen LogP contribution in [0.1, 0.15) is 31.6 Å². The molecule has 0 spiro atoms. The molecule has 1 saturated heterocycles. The van der Waals surface area contributed by atoms with Crippen LogP contribution in [0, 0.1) is 11.8 Å². The Kier molecular flexibility index (Phi) is 4.99. The minimum absolute atomic E-state index is 0.0537. The minimum Gasteiger partial charge on any atom is -0.338 e. The third kappa shape index (κ3) is 3.37. The van der Waals surface area contributed by atoms with E-state index in [0.717, 1.165) is 19.4 Å². The molecule has 2 N–H and O–H groups in total. The number of nitrogens with two attached hydrogens (primary N) is 1. The topological polar surface area (TPSA) is 46.3 Å². The van der Waals surface area contributed by atoms with Gasteiger partial charge in [-0.2, -0.15) is 0 Å².